The molecule has 2 aromatic carbocycles. The molecule has 0 unspecified atom stereocenters. The topological polar surface area (TPSA) is 84.5 Å². The average Bonchev–Trinajstić information content (AvgIpc) is 3.26. The van der Waals surface area contributed by atoms with Gasteiger partial charge in [0.15, 0.2) is 0 Å². The lowest BCUT2D eigenvalue weighted by Crippen LogP contribution is -2.50. The summed E-state index contributed by atoms with van der Waals surface area (Å²) in [4.78, 5) is 34.5. The zero-order chi connectivity index (χ0) is 23.8. The number of rotatable bonds is 4. The van der Waals surface area contributed by atoms with Crippen LogP contribution in [0.25, 0.3) is 22.4 Å². The minimum Gasteiger partial charge on any atom is -0.368 e. The summed E-state index contributed by atoms with van der Waals surface area (Å²) in [7, 11) is 0. The second-order valence-electron chi connectivity index (χ2n) is 8.55. The van der Waals surface area contributed by atoms with Crippen LogP contribution in [-0.2, 0) is 11.3 Å². The third-order valence-corrected chi connectivity index (χ3v) is 6.46. The smallest absolute Gasteiger partial charge is 0.267 e. The average molecular weight is 478 g/mol. The minimum absolute atomic E-state index is 0.0867. The number of nitrogens with zero attached hydrogens (tertiary/aromatic N) is 5. The summed E-state index contributed by atoms with van der Waals surface area (Å²) >= 11 is 5.97. The molecule has 174 valence electrons. The highest BCUT2D eigenvalue weighted by Crippen LogP contribution is 2.26. The van der Waals surface area contributed by atoms with Crippen molar-refractivity contribution in [2.45, 2.75) is 20.4 Å². The number of halogens is 1. The second-order valence-corrected chi connectivity index (χ2v) is 8.99. The summed E-state index contributed by atoms with van der Waals surface area (Å²) in [6.45, 7) is 6.79. The Balaban J connectivity index is 1.32. The molecule has 1 fully saturated rings. The molecule has 0 N–H and O–H groups in total. The van der Waals surface area contributed by atoms with E-state index in [0.717, 1.165) is 13.1 Å². The van der Waals surface area contributed by atoms with Gasteiger partial charge in [0.05, 0.1) is 0 Å². The lowest BCUT2D eigenvalue weighted by atomic mass is 10.1. The summed E-state index contributed by atoms with van der Waals surface area (Å²) in [5.41, 5.74) is 4.51. The van der Waals surface area contributed by atoms with Gasteiger partial charge < -0.3 is 14.3 Å². The number of carbonyl (C=O) groups excluding carboxylic acids is 1. The number of fused-ring (bicyclic) bond motifs is 1. The van der Waals surface area contributed by atoms with Crippen molar-refractivity contribution in [2.24, 2.45) is 0 Å². The third kappa shape index (κ3) is 4.17. The standard InChI is InChI=1S/C25H24ClN5O3/c1-16-3-8-20(17(2)13-16)29-9-11-30(12-10-29)21(32)14-31-15-27-24-22(25(31)33)23(28-34-24)18-4-6-19(26)7-5-18/h3-8,13,15H,9-12,14H2,1-2H3. The van der Waals surface area contributed by atoms with Crippen LogP contribution in [0.15, 0.2) is 58.1 Å². The molecule has 4 aromatic rings. The number of piperazine rings is 1. The molecule has 34 heavy (non-hydrogen) atoms. The summed E-state index contributed by atoms with van der Waals surface area (Å²) in [6.07, 6.45) is 1.34. The Hall–Kier alpha value is -3.65. The van der Waals surface area contributed by atoms with Crippen molar-refractivity contribution in [3.63, 3.8) is 0 Å². The van der Waals surface area contributed by atoms with Crippen LogP contribution in [-0.4, -0.2) is 51.7 Å². The first-order chi connectivity index (χ1) is 16.4. The molecule has 0 saturated carbocycles. The van der Waals surface area contributed by atoms with Gasteiger partial charge in [0.2, 0.25) is 5.91 Å². The van der Waals surface area contributed by atoms with Gasteiger partial charge in [-0.25, -0.2) is 4.98 Å². The fourth-order valence-corrected chi connectivity index (χ4v) is 4.53. The largest absolute Gasteiger partial charge is 0.368 e. The predicted molar refractivity (Wildman–Crippen MR) is 131 cm³/mol. The molecule has 1 aliphatic heterocycles. The molecule has 0 spiro atoms. The van der Waals surface area contributed by atoms with Crippen molar-refractivity contribution in [3.05, 3.63) is 75.3 Å². The van der Waals surface area contributed by atoms with Crippen LogP contribution in [0.1, 0.15) is 11.1 Å². The van der Waals surface area contributed by atoms with Gasteiger partial charge in [-0.05, 0) is 37.6 Å². The molecule has 0 atom stereocenters. The number of aryl methyl sites for hydroxylation is 2. The molecule has 5 rings (SSSR count). The first-order valence-corrected chi connectivity index (χ1v) is 11.5. The fourth-order valence-electron chi connectivity index (χ4n) is 4.40. The Kier molecular flexibility index (Phi) is 5.83. The number of benzene rings is 2. The maximum absolute atomic E-state index is 13.2. The molecule has 0 radical (unpaired) electrons. The fraction of sp³-hybridized carbons (Fsp3) is 0.280. The van der Waals surface area contributed by atoms with E-state index in [4.69, 9.17) is 16.1 Å². The Labute approximate surface area is 201 Å². The van der Waals surface area contributed by atoms with E-state index in [9.17, 15) is 9.59 Å². The lowest BCUT2D eigenvalue weighted by Gasteiger charge is -2.37. The van der Waals surface area contributed by atoms with Gasteiger partial charge in [-0.15, -0.1) is 0 Å². The Bertz CT molecular complexity index is 1420. The van der Waals surface area contributed by atoms with Crippen molar-refractivity contribution < 1.29 is 9.32 Å². The number of hydrogen-bond acceptors (Lipinski definition) is 6. The van der Waals surface area contributed by atoms with E-state index in [1.807, 2.05) is 0 Å². The van der Waals surface area contributed by atoms with Crippen LogP contribution in [0.4, 0.5) is 5.69 Å². The molecule has 1 saturated heterocycles. The highest BCUT2D eigenvalue weighted by Gasteiger charge is 2.24. The van der Waals surface area contributed by atoms with Gasteiger partial charge in [0, 0.05) is 42.5 Å². The zero-order valence-corrected chi connectivity index (χ0v) is 19.7. The van der Waals surface area contributed by atoms with Crippen molar-refractivity contribution in [3.8, 4) is 11.3 Å². The molecule has 1 aliphatic rings. The van der Waals surface area contributed by atoms with Gasteiger partial charge in [0.1, 0.15) is 24.0 Å². The van der Waals surface area contributed by atoms with Crippen LogP contribution in [0.5, 0.6) is 0 Å². The van der Waals surface area contributed by atoms with E-state index < -0.39 is 0 Å². The molecule has 0 bridgehead atoms. The first kappa shape index (κ1) is 22.2. The Morgan fingerprint density at radius 1 is 1.06 bits per heavy atom. The van der Waals surface area contributed by atoms with Gasteiger partial charge in [-0.1, -0.05) is 46.6 Å². The molecule has 1 amide bonds. The summed E-state index contributed by atoms with van der Waals surface area (Å²) < 4.78 is 6.57. The molecular weight excluding hydrogens is 454 g/mol. The van der Waals surface area contributed by atoms with Gasteiger partial charge in [0.25, 0.3) is 11.3 Å². The Morgan fingerprint density at radius 3 is 2.50 bits per heavy atom. The van der Waals surface area contributed by atoms with Crippen LogP contribution in [0.3, 0.4) is 0 Å². The Morgan fingerprint density at radius 2 is 1.79 bits per heavy atom. The van der Waals surface area contributed by atoms with Crippen molar-refractivity contribution in [1.82, 2.24) is 19.6 Å². The van der Waals surface area contributed by atoms with E-state index in [1.165, 1.54) is 27.7 Å². The van der Waals surface area contributed by atoms with Crippen LogP contribution < -0.4 is 10.5 Å². The van der Waals surface area contributed by atoms with E-state index in [1.54, 1.807) is 29.2 Å². The summed E-state index contributed by atoms with van der Waals surface area (Å²) in [6, 6.07) is 13.4. The summed E-state index contributed by atoms with van der Waals surface area (Å²) in [5, 5.41) is 4.85. The van der Waals surface area contributed by atoms with E-state index >= 15 is 0 Å². The zero-order valence-electron chi connectivity index (χ0n) is 19.0. The van der Waals surface area contributed by atoms with Crippen molar-refractivity contribution >= 4 is 34.3 Å². The molecular formula is C25H24ClN5O3. The van der Waals surface area contributed by atoms with E-state index in [2.05, 4.69) is 47.1 Å². The highest BCUT2D eigenvalue weighted by atomic mass is 35.5. The summed E-state index contributed by atoms with van der Waals surface area (Å²) in [5.74, 6) is -0.118. The predicted octanol–water partition coefficient (Wildman–Crippen LogP) is 3.67. The molecule has 8 nitrogen and oxygen atoms in total. The van der Waals surface area contributed by atoms with Crippen LogP contribution in [0, 0.1) is 13.8 Å². The van der Waals surface area contributed by atoms with Crippen LogP contribution >= 0.6 is 11.6 Å². The lowest BCUT2D eigenvalue weighted by molar-refractivity contribution is -0.132. The number of aromatic nitrogens is 3. The van der Waals surface area contributed by atoms with Crippen molar-refractivity contribution in [2.75, 3.05) is 31.1 Å². The number of amides is 1. The van der Waals surface area contributed by atoms with E-state index in [0.29, 0.717) is 29.4 Å². The molecule has 2 aromatic heterocycles. The molecule has 3 heterocycles. The maximum atomic E-state index is 13.2. The quantitative estimate of drug-likeness (QED) is 0.446. The van der Waals surface area contributed by atoms with E-state index in [-0.39, 0.29) is 29.1 Å². The molecule has 9 heteroatoms. The highest BCUT2D eigenvalue weighted by molar-refractivity contribution is 6.30. The number of anilines is 1. The monoisotopic (exact) mass is 477 g/mol. The van der Waals surface area contributed by atoms with Gasteiger partial charge >= 0.3 is 0 Å². The maximum Gasteiger partial charge on any atom is 0.267 e. The SMILES string of the molecule is Cc1ccc(N2CCN(C(=O)Cn3cnc4onc(-c5ccc(Cl)cc5)c4c3=O)CC2)c(C)c1. The van der Waals surface area contributed by atoms with Crippen LogP contribution in [0.2, 0.25) is 5.02 Å². The minimum atomic E-state index is -0.363. The van der Waals surface area contributed by atoms with Gasteiger partial charge in [-0.3, -0.25) is 14.2 Å². The normalized spacial score (nSPS) is 14.1. The van der Waals surface area contributed by atoms with Crippen molar-refractivity contribution in [1.29, 1.82) is 0 Å². The molecule has 0 aliphatic carbocycles. The number of carbonyl (C=O) groups is 1. The third-order valence-electron chi connectivity index (χ3n) is 6.21. The first-order valence-electron chi connectivity index (χ1n) is 11.1. The second kappa shape index (κ2) is 8.95. The van der Waals surface area contributed by atoms with Gasteiger partial charge in [-0.2, -0.15) is 0 Å². The number of hydrogen-bond donors (Lipinski definition) is 0.